The third-order valence-corrected chi connectivity index (χ3v) is 3.82. The van der Waals surface area contributed by atoms with Crippen LogP contribution in [0.2, 0.25) is 10.2 Å². The first-order valence-electron chi connectivity index (χ1n) is 5.74. The van der Waals surface area contributed by atoms with E-state index in [0.29, 0.717) is 13.1 Å². The molecule has 0 bridgehead atoms. The second-order valence-corrected chi connectivity index (χ2v) is 5.36. The van der Waals surface area contributed by atoms with Gasteiger partial charge in [0.15, 0.2) is 0 Å². The van der Waals surface area contributed by atoms with Crippen LogP contribution in [-0.2, 0) is 4.79 Å². The molecule has 1 N–H and O–H groups in total. The Morgan fingerprint density at radius 2 is 2.05 bits per heavy atom. The molecule has 1 aliphatic heterocycles. The molecule has 1 aromatic heterocycles. The number of amides is 1. The van der Waals surface area contributed by atoms with Crippen LogP contribution < -0.4 is 0 Å². The molecule has 0 aliphatic carbocycles. The van der Waals surface area contributed by atoms with Gasteiger partial charge in [-0.1, -0.05) is 30.1 Å². The van der Waals surface area contributed by atoms with Gasteiger partial charge in [-0.25, -0.2) is 4.98 Å². The molecule has 1 atom stereocenters. The largest absolute Gasteiger partial charge is 0.481 e. The molecule has 0 spiro atoms. The standard InChI is InChI=1S/C12H12Cl2N2O3/c1-6(12(18)19)7-4-16(5-7)11(17)10-8(13)2-3-9(14)15-10/h2-3,6-7H,4-5H2,1H3,(H,18,19). The lowest BCUT2D eigenvalue weighted by atomic mass is 9.87. The minimum absolute atomic E-state index is 0.0283. The highest BCUT2D eigenvalue weighted by atomic mass is 35.5. The zero-order valence-corrected chi connectivity index (χ0v) is 11.6. The normalized spacial score (nSPS) is 16.9. The molecule has 2 heterocycles. The number of halogens is 2. The third kappa shape index (κ3) is 2.82. The van der Waals surface area contributed by atoms with Crippen LogP contribution in [0.15, 0.2) is 12.1 Å². The first-order valence-corrected chi connectivity index (χ1v) is 6.50. The number of carboxylic acids is 1. The lowest BCUT2D eigenvalue weighted by Gasteiger charge is -2.41. The number of likely N-dealkylation sites (tertiary alicyclic amines) is 1. The van der Waals surface area contributed by atoms with Crippen LogP contribution in [0.25, 0.3) is 0 Å². The Bertz CT molecular complexity index is 530. The van der Waals surface area contributed by atoms with Gasteiger partial charge in [0, 0.05) is 19.0 Å². The number of aliphatic carboxylic acids is 1. The first kappa shape index (κ1) is 14.1. The summed E-state index contributed by atoms with van der Waals surface area (Å²) in [6, 6.07) is 3.02. The summed E-state index contributed by atoms with van der Waals surface area (Å²) < 4.78 is 0. The Kier molecular flexibility index (Phi) is 3.96. The van der Waals surface area contributed by atoms with Crippen molar-refractivity contribution in [3.63, 3.8) is 0 Å². The van der Waals surface area contributed by atoms with E-state index in [1.165, 1.54) is 17.0 Å². The highest BCUT2D eigenvalue weighted by Crippen LogP contribution is 2.27. The summed E-state index contributed by atoms with van der Waals surface area (Å²) in [5.41, 5.74) is 0.107. The molecule has 1 amide bonds. The predicted octanol–water partition coefficient (Wildman–Crippen LogP) is 2.18. The van der Waals surface area contributed by atoms with Crippen LogP contribution in [-0.4, -0.2) is 40.0 Å². The van der Waals surface area contributed by atoms with Crippen molar-refractivity contribution in [2.24, 2.45) is 11.8 Å². The number of carboxylic acid groups (broad SMARTS) is 1. The molecule has 0 aromatic carbocycles. The van der Waals surface area contributed by atoms with E-state index in [-0.39, 0.29) is 27.7 Å². The SMILES string of the molecule is CC(C(=O)O)C1CN(C(=O)c2nc(Cl)ccc2Cl)C1. The zero-order chi connectivity index (χ0) is 14.2. The minimum atomic E-state index is -0.851. The Balaban J connectivity index is 2.04. The Hall–Kier alpha value is -1.33. The van der Waals surface area contributed by atoms with Crippen LogP contribution in [0.5, 0.6) is 0 Å². The number of aromatic nitrogens is 1. The van der Waals surface area contributed by atoms with Crippen LogP contribution in [0, 0.1) is 11.8 Å². The lowest BCUT2D eigenvalue weighted by Crippen LogP contribution is -2.53. The van der Waals surface area contributed by atoms with Crippen molar-refractivity contribution in [3.8, 4) is 0 Å². The van der Waals surface area contributed by atoms with Crippen molar-refractivity contribution in [1.82, 2.24) is 9.88 Å². The molecule has 1 unspecified atom stereocenters. The van der Waals surface area contributed by atoms with Crippen molar-refractivity contribution in [2.45, 2.75) is 6.92 Å². The molecule has 19 heavy (non-hydrogen) atoms. The second kappa shape index (κ2) is 5.35. The van der Waals surface area contributed by atoms with E-state index >= 15 is 0 Å². The van der Waals surface area contributed by atoms with Crippen LogP contribution in [0.3, 0.4) is 0 Å². The molecular formula is C12H12Cl2N2O3. The molecule has 1 fully saturated rings. The highest BCUT2D eigenvalue weighted by molar-refractivity contribution is 6.34. The number of hydrogen-bond acceptors (Lipinski definition) is 3. The summed E-state index contributed by atoms with van der Waals surface area (Å²) in [6.07, 6.45) is 0. The average molecular weight is 303 g/mol. The van der Waals surface area contributed by atoms with E-state index < -0.39 is 11.9 Å². The van der Waals surface area contributed by atoms with Gasteiger partial charge in [0.05, 0.1) is 10.9 Å². The first-order chi connectivity index (χ1) is 8.90. The average Bonchev–Trinajstić information content (AvgIpc) is 2.29. The molecule has 1 aromatic rings. The Labute approximate surface area is 120 Å². The fourth-order valence-corrected chi connectivity index (χ4v) is 2.25. The van der Waals surface area contributed by atoms with Gasteiger partial charge in [-0.3, -0.25) is 9.59 Å². The van der Waals surface area contributed by atoms with E-state index in [1.54, 1.807) is 6.92 Å². The third-order valence-electron chi connectivity index (χ3n) is 3.31. The zero-order valence-electron chi connectivity index (χ0n) is 10.1. The van der Waals surface area contributed by atoms with Crippen molar-refractivity contribution < 1.29 is 14.7 Å². The maximum Gasteiger partial charge on any atom is 0.306 e. The van der Waals surface area contributed by atoms with Gasteiger partial charge in [-0.2, -0.15) is 0 Å². The van der Waals surface area contributed by atoms with Crippen LogP contribution in [0.1, 0.15) is 17.4 Å². The summed E-state index contributed by atoms with van der Waals surface area (Å²) in [5.74, 6) is -1.66. The highest BCUT2D eigenvalue weighted by Gasteiger charge is 2.38. The maximum absolute atomic E-state index is 12.1. The molecular weight excluding hydrogens is 291 g/mol. The van der Waals surface area contributed by atoms with Gasteiger partial charge in [-0.15, -0.1) is 0 Å². The van der Waals surface area contributed by atoms with Gasteiger partial charge in [0.2, 0.25) is 0 Å². The minimum Gasteiger partial charge on any atom is -0.481 e. The summed E-state index contributed by atoms with van der Waals surface area (Å²) in [4.78, 5) is 28.4. The molecule has 1 aliphatic rings. The number of rotatable bonds is 3. The van der Waals surface area contributed by atoms with Gasteiger partial charge in [-0.05, 0) is 12.1 Å². The van der Waals surface area contributed by atoms with Crippen molar-refractivity contribution in [3.05, 3.63) is 28.0 Å². The predicted molar refractivity (Wildman–Crippen MR) is 70.5 cm³/mol. The summed E-state index contributed by atoms with van der Waals surface area (Å²) in [6.45, 7) is 2.44. The van der Waals surface area contributed by atoms with Crippen molar-refractivity contribution in [2.75, 3.05) is 13.1 Å². The van der Waals surface area contributed by atoms with E-state index in [9.17, 15) is 9.59 Å². The number of nitrogens with zero attached hydrogens (tertiary/aromatic N) is 2. The van der Waals surface area contributed by atoms with E-state index in [0.717, 1.165) is 0 Å². The van der Waals surface area contributed by atoms with Gasteiger partial charge >= 0.3 is 5.97 Å². The van der Waals surface area contributed by atoms with E-state index in [4.69, 9.17) is 28.3 Å². The van der Waals surface area contributed by atoms with Gasteiger partial charge < -0.3 is 10.0 Å². The molecule has 0 radical (unpaired) electrons. The van der Waals surface area contributed by atoms with E-state index in [2.05, 4.69) is 4.98 Å². The van der Waals surface area contributed by atoms with Crippen LogP contribution in [0.4, 0.5) is 0 Å². The molecule has 1 saturated heterocycles. The molecule has 7 heteroatoms. The smallest absolute Gasteiger partial charge is 0.306 e. The molecule has 102 valence electrons. The molecule has 0 saturated carbocycles. The van der Waals surface area contributed by atoms with Crippen molar-refractivity contribution >= 4 is 35.1 Å². The van der Waals surface area contributed by atoms with Crippen molar-refractivity contribution in [1.29, 1.82) is 0 Å². The Morgan fingerprint density at radius 1 is 1.42 bits per heavy atom. The fraction of sp³-hybridized carbons (Fsp3) is 0.417. The number of carbonyl (C=O) groups excluding carboxylic acids is 1. The maximum atomic E-state index is 12.1. The molecule has 5 nitrogen and oxygen atoms in total. The Morgan fingerprint density at radius 3 is 2.63 bits per heavy atom. The van der Waals surface area contributed by atoms with Gasteiger partial charge in [0.1, 0.15) is 10.8 Å². The summed E-state index contributed by atoms with van der Waals surface area (Å²) >= 11 is 11.6. The monoisotopic (exact) mass is 302 g/mol. The lowest BCUT2D eigenvalue weighted by molar-refractivity contribution is -0.144. The summed E-state index contributed by atoms with van der Waals surface area (Å²) in [7, 11) is 0. The number of hydrogen-bond donors (Lipinski definition) is 1. The quantitative estimate of drug-likeness (QED) is 0.869. The topological polar surface area (TPSA) is 70.5 Å². The number of pyridine rings is 1. The number of carbonyl (C=O) groups is 2. The fourth-order valence-electron chi connectivity index (χ4n) is 1.91. The van der Waals surface area contributed by atoms with Crippen LogP contribution >= 0.6 is 23.2 Å². The van der Waals surface area contributed by atoms with Gasteiger partial charge in [0.25, 0.3) is 5.91 Å². The molecule has 2 rings (SSSR count). The second-order valence-electron chi connectivity index (χ2n) is 4.56. The van der Waals surface area contributed by atoms with E-state index in [1.807, 2.05) is 0 Å². The summed E-state index contributed by atoms with van der Waals surface area (Å²) in [5, 5.41) is 9.32.